The minimum Gasteiger partial charge on any atom is -0.497 e. The van der Waals surface area contributed by atoms with E-state index in [4.69, 9.17) is 4.74 Å². The summed E-state index contributed by atoms with van der Waals surface area (Å²) in [6.07, 6.45) is 0. The summed E-state index contributed by atoms with van der Waals surface area (Å²) in [6.45, 7) is 4.12. The molecule has 6 heteroatoms. The van der Waals surface area contributed by atoms with Crippen molar-refractivity contribution in [3.8, 4) is 5.75 Å². The number of methoxy groups -OCH3 is 1. The molecular weight excluding hydrogens is 354 g/mol. The Balaban J connectivity index is 1.41. The van der Waals surface area contributed by atoms with Crippen LogP contribution in [-0.2, 0) is 0 Å². The van der Waals surface area contributed by atoms with Crippen molar-refractivity contribution in [2.75, 3.05) is 33.3 Å². The summed E-state index contributed by atoms with van der Waals surface area (Å²) in [4.78, 5) is 32.3. The summed E-state index contributed by atoms with van der Waals surface area (Å²) in [7, 11) is 1.60. The molecule has 0 unspecified atom stereocenters. The second-order valence-corrected chi connectivity index (χ2v) is 7.09. The van der Waals surface area contributed by atoms with E-state index in [1.807, 2.05) is 31.2 Å². The summed E-state index contributed by atoms with van der Waals surface area (Å²) in [5.41, 5.74) is 3.35. The highest BCUT2D eigenvalue weighted by molar-refractivity contribution is 5.98. The van der Waals surface area contributed by atoms with Crippen molar-refractivity contribution >= 4 is 22.7 Å². The van der Waals surface area contributed by atoms with Gasteiger partial charge in [0.1, 0.15) is 11.4 Å². The fourth-order valence-corrected chi connectivity index (χ4v) is 3.56. The smallest absolute Gasteiger partial charge is 0.270 e. The zero-order valence-electron chi connectivity index (χ0n) is 16.1. The molecule has 144 valence electrons. The molecule has 0 radical (unpaired) electrons. The second-order valence-electron chi connectivity index (χ2n) is 7.09. The molecular formula is C22H23N3O3. The van der Waals surface area contributed by atoms with Crippen molar-refractivity contribution in [3.05, 3.63) is 65.4 Å². The zero-order chi connectivity index (χ0) is 19.7. The molecule has 0 aliphatic carbocycles. The van der Waals surface area contributed by atoms with Gasteiger partial charge in [-0.3, -0.25) is 9.59 Å². The standard InChI is InChI=1S/C22H23N3O3/c1-15-3-4-17-14-20(23-19(17)13-15)22(27)25-11-9-24(10-12-25)21(26)16-5-7-18(28-2)8-6-16/h3-8,13-14,23H,9-12H2,1-2H3. The third-order valence-corrected chi connectivity index (χ3v) is 5.20. The van der Waals surface area contributed by atoms with Crippen LogP contribution in [0.15, 0.2) is 48.5 Å². The predicted octanol–water partition coefficient (Wildman–Crippen LogP) is 3.08. The Morgan fingerprint density at radius 2 is 1.54 bits per heavy atom. The molecule has 0 bridgehead atoms. The van der Waals surface area contributed by atoms with E-state index in [2.05, 4.69) is 4.98 Å². The van der Waals surface area contributed by atoms with Crippen molar-refractivity contribution in [3.63, 3.8) is 0 Å². The van der Waals surface area contributed by atoms with E-state index in [1.165, 1.54) is 0 Å². The molecule has 6 nitrogen and oxygen atoms in total. The van der Waals surface area contributed by atoms with E-state index in [0.29, 0.717) is 37.4 Å². The first-order valence-electron chi connectivity index (χ1n) is 9.37. The average molecular weight is 377 g/mol. The summed E-state index contributed by atoms with van der Waals surface area (Å²) in [6, 6.07) is 15.1. The Morgan fingerprint density at radius 1 is 0.893 bits per heavy atom. The van der Waals surface area contributed by atoms with Gasteiger partial charge in [0.15, 0.2) is 0 Å². The number of carbonyl (C=O) groups is 2. The Labute approximate surface area is 163 Å². The van der Waals surface area contributed by atoms with Crippen molar-refractivity contribution < 1.29 is 14.3 Å². The van der Waals surface area contributed by atoms with Gasteiger partial charge < -0.3 is 19.5 Å². The number of aromatic nitrogens is 1. The Hall–Kier alpha value is -3.28. The first-order chi connectivity index (χ1) is 13.5. The monoisotopic (exact) mass is 377 g/mol. The quantitative estimate of drug-likeness (QED) is 0.763. The van der Waals surface area contributed by atoms with E-state index in [-0.39, 0.29) is 11.8 Å². The van der Waals surface area contributed by atoms with Gasteiger partial charge in [-0.15, -0.1) is 0 Å². The fourth-order valence-electron chi connectivity index (χ4n) is 3.56. The van der Waals surface area contributed by atoms with Crippen LogP contribution in [0.3, 0.4) is 0 Å². The van der Waals surface area contributed by atoms with Gasteiger partial charge in [0.25, 0.3) is 11.8 Å². The number of nitrogens with zero attached hydrogens (tertiary/aromatic N) is 2. The highest BCUT2D eigenvalue weighted by Crippen LogP contribution is 2.19. The largest absolute Gasteiger partial charge is 0.497 e. The number of hydrogen-bond donors (Lipinski definition) is 1. The van der Waals surface area contributed by atoms with E-state index < -0.39 is 0 Å². The van der Waals surface area contributed by atoms with Crippen LogP contribution < -0.4 is 4.74 Å². The normalized spacial score (nSPS) is 14.4. The van der Waals surface area contributed by atoms with E-state index in [1.54, 1.807) is 41.2 Å². The van der Waals surface area contributed by atoms with Gasteiger partial charge in [-0.2, -0.15) is 0 Å². The first-order valence-corrected chi connectivity index (χ1v) is 9.37. The summed E-state index contributed by atoms with van der Waals surface area (Å²) in [5, 5.41) is 1.03. The average Bonchev–Trinajstić information content (AvgIpc) is 3.16. The van der Waals surface area contributed by atoms with Gasteiger partial charge >= 0.3 is 0 Å². The van der Waals surface area contributed by atoms with Gasteiger partial charge in [0.05, 0.1) is 7.11 Å². The minimum absolute atomic E-state index is 0.0177. The summed E-state index contributed by atoms with van der Waals surface area (Å²) in [5.74, 6) is 0.682. The van der Waals surface area contributed by atoms with Gasteiger partial charge in [-0.25, -0.2) is 0 Å². The fraction of sp³-hybridized carbons (Fsp3) is 0.273. The number of ether oxygens (including phenoxy) is 1. The van der Waals surface area contributed by atoms with Crippen LogP contribution in [0.1, 0.15) is 26.4 Å². The molecule has 1 fully saturated rings. The van der Waals surface area contributed by atoms with Crippen molar-refractivity contribution in [1.29, 1.82) is 0 Å². The molecule has 2 aromatic carbocycles. The molecule has 0 saturated carbocycles. The number of piperazine rings is 1. The molecule has 0 spiro atoms. The molecule has 28 heavy (non-hydrogen) atoms. The van der Waals surface area contributed by atoms with Crippen LogP contribution in [0.25, 0.3) is 10.9 Å². The maximum atomic E-state index is 12.8. The van der Waals surface area contributed by atoms with Crippen LogP contribution in [0, 0.1) is 6.92 Å². The molecule has 1 aromatic heterocycles. The Bertz CT molecular complexity index is 1020. The molecule has 1 N–H and O–H groups in total. The van der Waals surface area contributed by atoms with Crippen molar-refractivity contribution in [2.45, 2.75) is 6.92 Å². The van der Waals surface area contributed by atoms with E-state index in [9.17, 15) is 9.59 Å². The molecule has 1 aliphatic heterocycles. The highest BCUT2D eigenvalue weighted by atomic mass is 16.5. The van der Waals surface area contributed by atoms with Gasteiger partial charge in [0.2, 0.25) is 0 Å². The molecule has 1 saturated heterocycles. The van der Waals surface area contributed by atoms with Crippen LogP contribution >= 0.6 is 0 Å². The number of hydrogen-bond acceptors (Lipinski definition) is 3. The van der Waals surface area contributed by atoms with Gasteiger partial charge in [-0.05, 0) is 48.9 Å². The molecule has 0 atom stereocenters. The van der Waals surface area contributed by atoms with E-state index >= 15 is 0 Å². The number of benzene rings is 2. The number of H-pyrrole nitrogens is 1. The van der Waals surface area contributed by atoms with Crippen LogP contribution in [-0.4, -0.2) is 59.9 Å². The molecule has 1 aliphatic rings. The number of rotatable bonds is 3. The van der Waals surface area contributed by atoms with Crippen LogP contribution in [0.4, 0.5) is 0 Å². The topological polar surface area (TPSA) is 65.6 Å². The highest BCUT2D eigenvalue weighted by Gasteiger charge is 2.26. The number of carbonyl (C=O) groups excluding carboxylic acids is 2. The van der Waals surface area contributed by atoms with E-state index in [0.717, 1.165) is 22.2 Å². The number of amides is 2. The Kier molecular flexibility index (Phi) is 4.77. The predicted molar refractivity (Wildman–Crippen MR) is 108 cm³/mol. The lowest BCUT2D eigenvalue weighted by atomic mass is 10.1. The first kappa shape index (κ1) is 18.1. The molecule has 3 aromatic rings. The lowest BCUT2D eigenvalue weighted by Crippen LogP contribution is -2.50. The molecule has 2 amide bonds. The Morgan fingerprint density at radius 3 is 2.18 bits per heavy atom. The SMILES string of the molecule is COc1ccc(C(=O)N2CCN(C(=O)c3cc4ccc(C)cc4[nH]3)CC2)cc1. The number of fused-ring (bicyclic) bond motifs is 1. The lowest BCUT2D eigenvalue weighted by molar-refractivity contribution is 0.0533. The summed E-state index contributed by atoms with van der Waals surface area (Å²) >= 11 is 0. The minimum atomic E-state index is -0.0228. The maximum Gasteiger partial charge on any atom is 0.270 e. The zero-order valence-corrected chi connectivity index (χ0v) is 16.1. The molecule has 2 heterocycles. The molecule has 4 rings (SSSR count). The second kappa shape index (κ2) is 7.38. The number of aromatic amines is 1. The van der Waals surface area contributed by atoms with Crippen LogP contribution in [0.5, 0.6) is 5.75 Å². The third kappa shape index (κ3) is 3.45. The van der Waals surface area contributed by atoms with Gasteiger partial charge in [-0.1, -0.05) is 12.1 Å². The number of nitrogens with one attached hydrogen (secondary N) is 1. The van der Waals surface area contributed by atoms with Crippen molar-refractivity contribution in [2.24, 2.45) is 0 Å². The summed E-state index contributed by atoms with van der Waals surface area (Å²) < 4.78 is 5.13. The van der Waals surface area contributed by atoms with Crippen LogP contribution in [0.2, 0.25) is 0 Å². The maximum absolute atomic E-state index is 12.8. The number of aryl methyl sites for hydroxylation is 1. The lowest BCUT2D eigenvalue weighted by Gasteiger charge is -2.34. The third-order valence-electron chi connectivity index (χ3n) is 5.20. The van der Waals surface area contributed by atoms with Crippen molar-refractivity contribution in [1.82, 2.24) is 14.8 Å². The van der Waals surface area contributed by atoms with Gasteiger partial charge in [0, 0.05) is 42.6 Å².